The Morgan fingerprint density at radius 2 is 1.83 bits per heavy atom. The van der Waals surface area contributed by atoms with E-state index >= 15 is 0 Å². The molecule has 0 bridgehead atoms. The summed E-state index contributed by atoms with van der Waals surface area (Å²) in [7, 11) is 0. The highest BCUT2D eigenvalue weighted by Gasteiger charge is 2.25. The Morgan fingerprint density at radius 3 is 2.46 bits per heavy atom. The maximum atomic E-state index is 11.2. The maximum absolute atomic E-state index is 11.2. The van der Waals surface area contributed by atoms with Gasteiger partial charge in [-0.05, 0) is 24.1 Å². The minimum atomic E-state index is -0.196. The first-order chi connectivity index (χ1) is 11.2. The second-order valence-electron chi connectivity index (χ2n) is 8.01. The van der Waals surface area contributed by atoms with Crippen molar-refractivity contribution in [2.24, 2.45) is 0 Å². The van der Waals surface area contributed by atoms with Crippen LogP contribution in [0.15, 0.2) is 41.6 Å². The molecule has 3 rings (SSSR count). The van der Waals surface area contributed by atoms with Crippen molar-refractivity contribution in [1.82, 2.24) is 19.6 Å². The second kappa shape index (κ2) is 5.58. The summed E-state index contributed by atoms with van der Waals surface area (Å²) < 4.78 is 2.17. The van der Waals surface area contributed by atoms with Crippen LogP contribution in [0.25, 0.3) is 5.52 Å². The van der Waals surface area contributed by atoms with Crippen LogP contribution in [0.4, 0.5) is 0 Å². The molecule has 0 saturated heterocycles. The molecule has 0 radical (unpaired) electrons. The van der Waals surface area contributed by atoms with E-state index in [0.29, 0.717) is 0 Å². The number of nitrogens with zero attached hydrogens (tertiary/aromatic N) is 3. The van der Waals surface area contributed by atoms with E-state index in [4.69, 9.17) is 0 Å². The molecule has 0 atom stereocenters. The van der Waals surface area contributed by atoms with Gasteiger partial charge in [0, 0.05) is 22.6 Å². The lowest BCUT2D eigenvalue weighted by molar-refractivity contribution is 0.497. The van der Waals surface area contributed by atoms with Crippen molar-refractivity contribution in [2.45, 2.75) is 51.9 Å². The lowest BCUT2D eigenvalue weighted by Crippen LogP contribution is -2.25. The van der Waals surface area contributed by atoms with E-state index in [1.807, 2.05) is 12.5 Å². The Balaban J connectivity index is 2.03. The van der Waals surface area contributed by atoms with E-state index in [2.05, 4.69) is 66.3 Å². The number of aromatic amines is 1. The Kier molecular flexibility index (Phi) is 3.82. The fourth-order valence-electron chi connectivity index (χ4n) is 3.12. The van der Waals surface area contributed by atoms with Gasteiger partial charge in [0.15, 0.2) is 0 Å². The van der Waals surface area contributed by atoms with E-state index in [0.717, 1.165) is 17.6 Å². The number of rotatable bonds is 3. The maximum Gasteiger partial charge on any atom is 0.264 e. The predicted molar refractivity (Wildman–Crippen MR) is 95.5 cm³/mol. The SMILES string of the molecule is CC(C)(C)c1ccc(CC(C)(C)c2ccc(=O)[nH]n2)c2cncn12. The van der Waals surface area contributed by atoms with Crippen molar-refractivity contribution in [3.05, 3.63) is 64.1 Å². The van der Waals surface area contributed by atoms with Crippen molar-refractivity contribution in [3.8, 4) is 0 Å². The number of H-pyrrole nitrogens is 1. The highest BCUT2D eigenvalue weighted by atomic mass is 16.1. The number of fused-ring (bicyclic) bond motifs is 1. The predicted octanol–water partition coefficient (Wildman–Crippen LogP) is 3.24. The summed E-state index contributed by atoms with van der Waals surface area (Å²) in [6.07, 6.45) is 4.61. The molecule has 5 heteroatoms. The molecular formula is C19H24N4O. The van der Waals surface area contributed by atoms with Gasteiger partial charge in [-0.1, -0.05) is 40.7 Å². The highest BCUT2D eigenvalue weighted by molar-refractivity contribution is 5.56. The molecule has 1 N–H and O–H groups in total. The van der Waals surface area contributed by atoms with E-state index in [1.54, 1.807) is 6.07 Å². The lowest BCUT2D eigenvalue weighted by atomic mass is 9.82. The van der Waals surface area contributed by atoms with Gasteiger partial charge in [-0.2, -0.15) is 5.10 Å². The van der Waals surface area contributed by atoms with Crippen molar-refractivity contribution >= 4 is 5.52 Å². The van der Waals surface area contributed by atoms with Crippen LogP contribution in [-0.2, 0) is 17.3 Å². The van der Waals surface area contributed by atoms with Gasteiger partial charge in [0.2, 0.25) is 0 Å². The number of aromatic nitrogens is 4. The molecular weight excluding hydrogens is 300 g/mol. The van der Waals surface area contributed by atoms with Crippen LogP contribution in [0.3, 0.4) is 0 Å². The molecule has 5 nitrogen and oxygen atoms in total. The van der Waals surface area contributed by atoms with Gasteiger partial charge < -0.3 is 4.40 Å². The van der Waals surface area contributed by atoms with E-state index in [1.165, 1.54) is 17.3 Å². The quantitative estimate of drug-likeness (QED) is 0.804. The van der Waals surface area contributed by atoms with Gasteiger partial charge in [0.1, 0.15) is 0 Å². The minimum Gasteiger partial charge on any atom is -0.302 e. The van der Waals surface area contributed by atoms with Gasteiger partial charge in [-0.25, -0.2) is 10.1 Å². The Morgan fingerprint density at radius 1 is 1.08 bits per heavy atom. The largest absolute Gasteiger partial charge is 0.302 e. The molecule has 0 fully saturated rings. The third kappa shape index (κ3) is 2.98. The fourth-order valence-corrected chi connectivity index (χ4v) is 3.12. The van der Waals surface area contributed by atoms with Gasteiger partial charge >= 0.3 is 0 Å². The first-order valence-corrected chi connectivity index (χ1v) is 8.19. The van der Waals surface area contributed by atoms with E-state index < -0.39 is 0 Å². The van der Waals surface area contributed by atoms with E-state index in [-0.39, 0.29) is 16.4 Å². The fraction of sp³-hybridized carbons (Fsp3) is 0.421. The average Bonchev–Trinajstić information content (AvgIpc) is 2.96. The average molecular weight is 324 g/mol. The van der Waals surface area contributed by atoms with Crippen molar-refractivity contribution in [1.29, 1.82) is 0 Å². The summed E-state index contributed by atoms with van der Waals surface area (Å²) >= 11 is 0. The Hall–Kier alpha value is -2.43. The smallest absolute Gasteiger partial charge is 0.264 e. The molecule has 0 unspecified atom stereocenters. The van der Waals surface area contributed by atoms with Crippen LogP contribution in [0.2, 0.25) is 0 Å². The highest BCUT2D eigenvalue weighted by Crippen LogP contribution is 2.30. The standard InChI is InChI=1S/C19H24N4O/c1-18(2,3)16-8-6-13(14-11-20-12-23(14)16)10-19(4,5)15-7-9-17(24)22-21-15/h6-9,11-12H,10H2,1-5H3,(H,22,24). The number of hydrogen-bond acceptors (Lipinski definition) is 3. The molecule has 3 aromatic rings. The summed E-state index contributed by atoms with van der Waals surface area (Å²) in [5.41, 5.74) is 4.13. The van der Waals surface area contributed by atoms with Gasteiger partial charge in [-0.3, -0.25) is 4.79 Å². The Bertz CT molecular complexity index is 908. The Labute approximate surface area is 141 Å². The van der Waals surface area contributed by atoms with Gasteiger partial charge in [0.05, 0.1) is 23.7 Å². The molecule has 24 heavy (non-hydrogen) atoms. The van der Waals surface area contributed by atoms with Crippen molar-refractivity contribution in [3.63, 3.8) is 0 Å². The summed E-state index contributed by atoms with van der Waals surface area (Å²) in [4.78, 5) is 15.6. The lowest BCUT2D eigenvalue weighted by Gasteiger charge is -2.26. The van der Waals surface area contributed by atoms with Crippen LogP contribution >= 0.6 is 0 Å². The normalized spacial score (nSPS) is 12.7. The third-order valence-corrected chi connectivity index (χ3v) is 4.44. The minimum absolute atomic E-state index is 0.0491. The summed E-state index contributed by atoms with van der Waals surface area (Å²) in [5, 5.41) is 6.74. The monoisotopic (exact) mass is 324 g/mol. The molecule has 0 amide bonds. The number of hydrogen-bond donors (Lipinski definition) is 1. The van der Waals surface area contributed by atoms with Crippen LogP contribution in [-0.4, -0.2) is 19.6 Å². The zero-order valence-corrected chi connectivity index (χ0v) is 14.9. The van der Waals surface area contributed by atoms with Crippen molar-refractivity contribution < 1.29 is 0 Å². The first-order valence-electron chi connectivity index (χ1n) is 8.19. The van der Waals surface area contributed by atoms with E-state index in [9.17, 15) is 4.79 Å². The number of pyridine rings is 1. The van der Waals surface area contributed by atoms with Crippen molar-refractivity contribution in [2.75, 3.05) is 0 Å². The summed E-state index contributed by atoms with van der Waals surface area (Å²) in [6.45, 7) is 10.9. The third-order valence-electron chi connectivity index (χ3n) is 4.44. The molecule has 126 valence electrons. The topological polar surface area (TPSA) is 63.0 Å². The van der Waals surface area contributed by atoms with Crippen LogP contribution in [0.5, 0.6) is 0 Å². The van der Waals surface area contributed by atoms with Gasteiger partial charge in [-0.15, -0.1) is 0 Å². The second-order valence-corrected chi connectivity index (χ2v) is 8.01. The van der Waals surface area contributed by atoms with Crippen LogP contribution in [0, 0.1) is 0 Å². The molecule has 0 aliphatic heterocycles. The molecule has 0 aliphatic rings. The zero-order chi connectivity index (χ0) is 17.5. The van der Waals surface area contributed by atoms with Crippen LogP contribution in [0.1, 0.15) is 51.6 Å². The molecule has 0 aliphatic carbocycles. The summed E-state index contributed by atoms with van der Waals surface area (Å²) in [6, 6.07) is 7.70. The molecule has 0 spiro atoms. The van der Waals surface area contributed by atoms with Gasteiger partial charge in [0.25, 0.3) is 5.56 Å². The molecule has 3 heterocycles. The first kappa shape index (κ1) is 16.4. The summed E-state index contributed by atoms with van der Waals surface area (Å²) in [5.74, 6) is 0. The number of imidazole rings is 1. The van der Waals surface area contributed by atoms with Crippen LogP contribution < -0.4 is 5.56 Å². The molecule has 3 aromatic heterocycles. The molecule has 0 saturated carbocycles. The zero-order valence-electron chi connectivity index (χ0n) is 14.9. The molecule has 0 aromatic carbocycles. The number of nitrogens with one attached hydrogen (secondary N) is 1.